The molecule has 0 amide bonds. The fourth-order valence-corrected chi connectivity index (χ4v) is 2.76. The highest BCUT2D eigenvalue weighted by Gasteiger charge is 2.26. The van der Waals surface area contributed by atoms with Gasteiger partial charge in [0.25, 0.3) is 0 Å². The molecule has 0 aliphatic rings. The van der Waals surface area contributed by atoms with Crippen molar-refractivity contribution in [1.82, 2.24) is 9.97 Å². The second kappa shape index (κ2) is 6.89. The minimum atomic E-state index is -0.259. The molecule has 0 unspecified atom stereocenters. The van der Waals surface area contributed by atoms with Gasteiger partial charge in [-0.3, -0.25) is 0 Å². The summed E-state index contributed by atoms with van der Waals surface area (Å²) in [5.41, 5.74) is 13.8. The maximum atomic E-state index is 6.00. The van der Waals surface area contributed by atoms with Gasteiger partial charge in [-0.25, -0.2) is 4.98 Å². The van der Waals surface area contributed by atoms with Gasteiger partial charge in [0, 0.05) is 5.02 Å². The lowest BCUT2D eigenvalue weighted by molar-refractivity contribution is 0.517. The van der Waals surface area contributed by atoms with Crippen molar-refractivity contribution in [1.29, 1.82) is 0 Å². The van der Waals surface area contributed by atoms with E-state index in [1.165, 1.54) is 0 Å². The maximum Gasteiger partial charge on any atom is 0.222 e. The highest BCUT2D eigenvalue weighted by molar-refractivity contribution is 6.30. The molecule has 0 atom stereocenters. The lowest BCUT2D eigenvalue weighted by Gasteiger charge is -2.26. The predicted molar refractivity (Wildman–Crippen MR) is 96.2 cm³/mol. The number of hydrogen-bond donors (Lipinski definition) is 2. The van der Waals surface area contributed by atoms with Crippen molar-refractivity contribution >= 4 is 23.4 Å². The van der Waals surface area contributed by atoms with Crippen molar-refractivity contribution in [2.45, 2.75) is 39.0 Å². The number of halogens is 1. The molecule has 0 saturated carbocycles. The second-order valence-corrected chi connectivity index (χ2v) is 5.91. The Bertz CT molecular complexity index is 730. The molecule has 0 aliphatic heterocycles. The molecule has 1 aromatic carbocycles. The number of benzene rings is 1. The van der Waals surface area contributed by atoms with Crippen LogP contribution in [0, 0.1) is 18.8 Å². The molecule has 120 valence electrons. The molecule has 4 N–H and O–H groups in total. The zero-order valence-electron chi connectivity index (χ0n) is 13.7. The number of hydrogen-bond acceptors (Lipinski definition) is 4. The quantitative estimate of drug-likeness (QED) is 0.842. The Morgan fingerprint density at radius 3 is 2.22 bits per heavy atom. The van der Waals surface area contributed by atoms with Crippen LogP contribution in [0.15, 0.2) is 24.3 Å². The molecule has 0 radical (unpaired) electrons. The molecule has 23 heavy (non-hydrogen) atoms. The van der Waals surface area contributed by atoms with Crippen molar-refractivity contribution in [2.24, 2.45) is 0 Å². The second-order valence-electron chi connectivity index (χ2n) is 5.47. The summed E-state index contributed by atoms with van der Waals surface area (Å²) in [6.45, 7) is 6.09. The molecular formula is C18H21ClN4. The molecule has 0 fully saturated rings. The molecule has 1 aromatic heterocycles. The van der Waals surface area contributed by atoms with Gasteiger partial charge in [0.05, 0.1) is 16.7 Å². The monoisotopic (exact) mass is 328 g/mol. The first-order chi connectivity index (χ1) is 10.9. The molecule has 0 bridgehead atoms. The predicted octanol–water partition coefficient (Wildman–Crippen LogP) is 3.71. The van der Waals surface area contributed by atoms with Gasteiger partial charge in [0.15, 0.2) is 0 Å². The van der Waals surface area contributed by atoms with Gasteiger partial charge < -0.3 is 11.5 Å². The van der Waals surface area contributed by atoms with E-state index in [0.717, 1.165) is 23.4 Å². The molecule has 1 heterocycles. The number of rotatable bonds is 3. The average molecular weight is 329 g/mol. The van der Waals surface area contributed by atoms with Crippen LogP contribution in [0.4, 0.5) is 11.8 Å². The third-order valence-corrected chi connectivity index (χ3v) is 4.42. The van der Waals surface area contributed by atoms with Crippen LogP contribution in [0.5, 0.6) is 0 Å². The van der Waals surface area contributed by atoms with Crippen LogP contribution in [0.3, 0.4) is 0 Å². The molecule has 0 aliphatic carbocycles. The Morgan fingerprint density at radius 2 is 1.70 bits per heavy atom. The van der Waals surface area contributed by atoms with Crippen LogP contribution in [0.1, 0.15) is 43.5 Å². The summed E-state index contributed by atoms with van der Waals surface area (Å²) in [6.07, 6.45) is 1.76. The van der Waals surface area contributed by atoms with E-state index in [-0.39, 0.29) is 11.4 Å². The fourth-order valence-electron chi connectivity index (χ4n) is 2.63. The molecule has 0 spiro atoms. The van der Waals surface area contributed by atoms with E-state index in [0.29, 0.717) is 17.1 Å². The minimum Gasteiger partial charge on any atom is -0.382 e. The Balaban J connectivity index is 2.52. The lowest BCUT2D eigenvalue weighted by Crippen LogP contribution is -2.22. The summed E-state index contributed by atoms with van der Waals surface area (Å²) in [5, 5.41) is 0.717. The van der Waals surface area contributed by atoms with E-state index >= 15 is 0 Å². The Hall–Kier alpha value is -2.25. The third-order valence-electron chi connectivity index (χ3n) is 4.17. The first-order valence-corrected chi connectivity index (χ1v) is 7.98. The standard InChI is InChI=1S/C18H21ClN4/c1-4-18(5-2,13-6-8-14(19)9-7-13)11-10-15-12(3)22-17(21)23-16(15)20/h6-9H,4-5H2,1-3H3,(H4,20,21,22,23). The van der Waals surface area contributed by atoms with Crippen LogP contribution in [0.25, 0.3) is 0 Å². The van der Waals surface area contributed by atoms with Crippen molar-refractivity contribution in [3.05, 3.63) is 46.1 Å². The summed E-state index contributed by atoms with van der Waals surface area (Å²) in [7, 11) is 0. The fraction of sp³-hybridized carbons (Fsp3) is 0.333. The van der Waals surface area contributed by atoms with Crippen LogP contribution >= 0.6 is 11.6 Å². The number of nitrogens with two attached hydrogens (primary N) is 2. The summed E-state index contributed by atoms with van der Waals surface area (Å²) in [4.78, 5) is 8.13. The van der Waals surface area contributed by atoms with E-state index < -0.39 is 0 Å². The van der Waals surface area contributed by atoms with E-state index in [1.54, 1.807) is 0 Å². The number of anilines is 2. The zero-order valence-corrected chi connectivity index (χ0v) is 14.4. The van der Waals surface area contributed by atoms with Crippen LogP contribution in [-0.4, -0.2) is 9.97 Å². The largest absolute Gasteiger partial charge is 0.382 e. The molecule has 2 aromatic rings. The normalized spacial score (nSPS) is 11.0. The van der Waals surface area contributed by atoms with Gasteiger partial charge >= 0.3 is 0 Å². The van der Waals surface area contributed by atoms with Gasteiger partial charge in [0.2, 0.25) is 5.95 Å². The third kappa shape index (κ3) is 3.57. The van der Waals surface area contributed by atoms with Gasteiger partial charge in [-0.15, -0.1) is 0 Å². The lowest BCUT2D eigenvalue weighted by atomic mass is 9.76. The van der Waals surface area contributed by atoms with Crippen LogP contribution in [-0.2, 0) is 5.41 Å². The first-order valence-electron chi connectivity index (χ1n) is 7.60. The minimum absolute atomic E-state index is 0.167. The van der Waals surface area contributed by atoms with E-state index in [9.17, 15) is 0 Å². The number of aromatic nitrogens is 2. The van der Waals surface area contributed by atoms with Crippen LogP contribution < -0.4 is 11.5 Å². The molecule has 5 heteroatoms. The van der Waals surface area contributed by atoms with Crippen molar-refractivity contribution in [3.63, 3.8) is 0 Å². The number of aryl methyl sites for hydroxylation is 1. The molecular weight excluding hydrogens is 308 g/mol. The SMILES string of the molecule is CCC(C#Cc1c(C)nc(N)nc1N)(CC)c1ccc(Cl)cc1. The van der Waals surface area contributed by atoms with Crippen molar-refractivity contribution in [2.75, 3.05) is 11.5 Å². The number of nitrogen functional groups attached to an aromatic ring is 2. The van der Waals surface area contributed by atoms with Crippen molar-refractivity contribution in [3.8, 4) is 11.8 Å². The zero-order chi connectivity index (χ0) is 17.0. The highest BCUT2D eigenvalue weighted by Crippen LogP contribution is 2.32. The molecule has 0 saturated heterocycles. The molecule has 2 rings (SSSR count). The smallest absolute Gasteiger partial charge is 0.222 e. The first kappa shape index (κ1) is 17.1. The van der Waals surface area contributed by atoms with Gasteiger partial charge in [-0.05, 0) is 37.5 Å². The van der Waals surface area contributed by atoms with E-state index in [2.05, 4.69) is 35.7 Å². The van der Waals surface area contributed by atoms with Crippen molar-refractivity contribution < 1.29 is 0 Å². The van der Waals surface area contributed by atoms with Gasteiger partial charge in [-0.1, -0.05) is 49.4 Å². The van der Waals surface area contributed by atoms with Gasteiger partial charge in [0.1, 0.15) is 5.82 Å². The summed E-state index contributed by atoms with van der Waals surface area (Å²) in [6, 6.07) is 7.84. The highest BCUT2D eigenvalue weighted by atomic mass is 35.5. The Kier molecular flexibility index (Phi) is 5.12. The van der Waals surface area contributed by atoms with Gasteiger partial charge in [-0.2, -0.15) is 4.98 Å². The Morgan fingerprint density at radius 1 is 1.09 bits per heavy atom. The molecule has 4 nitrogen and oxygen atoms in total. The summed E-state index contributed by atoms with van der Waals surface area (Å²) in [5.74, 6) is 7.05. The van der Waals surface area contributed by atoms with Crippen LogP contribution in [0.2, 0.25) is 5.02 Å². The Labute approximate surface area is 142 Å². The summed E-state index contributed by atoms with van der Waals surface area (Å²) < 4.78 is 0. The average Bonchev–Trinajstić information content (AvgIpc) is 2.51. The summed E-state index contributed by atoms with van der Waals surface area (Å²) >= 11 is 6.00. The van der Waals surface area contributed by atoms with E-state index in [4.69, 9.17) is 23.1 Å². The number of nitrogens with zero attached hydrogens (tertiary/aromatic N) is 2. The maximum absolute atomic E-state index is 6.00. The van der Waals surface area contributed by atoms with E-state index in [1.807, 2.05) is 31.2 Å². The topological polar surface area (TPSA) is 77.8 Å².